The molecule has 0 radical (unpaired) electrons. The van der Waals surface area contributed by atoms with Gasteiger partial charge in [-0.25, -0.2) is 4.99 Å². The predicted molar refractivity (Wildman–Crippen MR) is 69.3 cm³/mol. The average Bonchev–Trinajstić information content (AvgIpc) is 2.52. The van der Waals surface area contributed by atoms with Crippen LogP contribution >= 0.6 is 0 Å². The van der Waals surface area contributed by atoms with Crippen LogP contribution in [0.3, 0.4) is 0 Å². The van der Waals surface area contributed by atoms with Crippen LogP contribution in [-0.2, 0) is 5.41 Å². The van der Waals surface area contributed by atoms with E-state index in [1.165, 1.54) is 6.07 Å². The topological polar surface area (TPSA) is 105 Å². The van der Waals surface area contributed by atoms with E-state index in [-0.39, 0.29) is 28.3 Å². The van der Waals surface area contributed by atoms with Crippen molar-refractivity contribution in [1.29, 1.82) is 5.41 Å². The Hall–Kier alpha value is -2.24. The van der Waals surface area contributed by atoms with E-state index in [0.717, 1.165) is 5.56 Å². The van der Waals surface area contributed by atoms with Crippen LogP contribution in [0.15, 0.2) is 17.1 Å². The maximum Gasteiger partial charge on any atom is 0.281 e. The second-order valence-corrected chi connectivity index (χ2v) is 5.27. The molecule has 1 heterocycles. The first-order chi connectivity index (χ1) is 8.21. The first-order valence-electron chi connectivity index (χ1n) is 5.48. The molecule has 6 heteroatoms. The van der Waals surface area contributed by atoms with Crippen molar-refractivity contribution in [1.82, 2.24) is 0 Å². The van der Waals surface area contributed by atoms with Crippen molar-refractivity contribution >= 4 is 17.4 Å². The van der Waals surface area contributed by atoms with Crippen LogP contribution in [0.5, 0.6) is 0 Å². The fourth-order valence-electron chi connectivity index (χ4n) is 1.90. The van der Waals surface area contributed by atoms with Gasteiger partial charge in [-0.1, -0.05) is 20.8 Å². The zero-order valence-corrected chi connectivity index (χ0v) is 10.4. The number of fused-ring (bicyclic) bond motifs is 1. The molecule has 0 saturated heterocycles. The molecule has 0 saturated carbocycles. The molecule has 6 nitrogen and oxygen atoms in total. The first kappa shape index (κ1) is 12.2. The number of nitrogens with two attached hydrogens (primary N) is 1. The number of nitrogens with zero attached hydrogens (tertiary/aromatic N) is 2. The maximum absolute atomic E-state index is 11.1. The van der Waals surface area contributed by atoms with Gasteiger partial charge in [0.25, 0.3) is 5.69 Å². The molecule has 0 amide bonds. The number of nitrogens with one attached hydrogen (secondary N) is 1. The Labute approximate surface area is 104 Å². The van der Waals surface area contributed by atoms with Gasteiger partial charge in [0.05, 0.1) is 4.92 Å². The number of benzene rings is 1. The van der Waals surface area contributed by atoms with Gasteiger partial charge in [-0.3, -0.25) is 15.5 Å². The Morgan fingerprint density at radius 1 is 1.39 bits per heavy atom. The molecule has 1 aromatic rings. The van der Waals surface area contributed by atoms with Crippen molar-refractivity contribution in [3.8, 4) is 0 Å². The number of aliphatic imine (C=N–C) groups is 1. The highest BCUT2D eigenvalue weighted by molar-refractivity contribution is 6.22. The van der Waals surface area contributed by atoms with Gasteiger partial charge in [0.2, 0.25) is 0 Å². The molecule has 94 valence electrons. The zero-order chi connectivity index (χ0) is 13.7. The number of hydrogen-bond acceptors (Lipinski definition) is 4. The highest BCUT2D eigenvalue weighted by Crippen LogP contribution is 2.33. The normalized spacial score (nSPS) is 14.4. The summed E-state index contributed by atoms with van der Waals surface area (Å²) in [5.41, 5.74) is 6.81. The number of nitro benzene ring substituents is 1. The summed E-state index contributed by atoms with van der Waals surface area (Å²) in [4.78, 5) is 14.4. The van der Waals surface area contributed by atoms with Crippen molar-refractivity contribution in [2.45, 2.75) is 26.2 Å². The van der Waals surface area contributed by atoms with Crippen LogP contribution in [0.2, 0.25) is 0 Å². The lowest BCUT2D eigenvalue weighted by molar-refractivity contribution is -0.385. The predicted octanol–water partition coefficient (Wildman–Crippen LogP) is 1.94. The standard InChI is InChI=1S/C12H14N4O2/c1-12(2,3)6-4-7-9(8(5-6)16(17)18)11(14)15-10(7)13/h4-5H,1-3H3,(H3,13,14,15). The van der Waals surface area contributed by atoms with E-state index in [2.05, 4.69) is 4.99 Å². The summed E-state index contributed by atoms with van der Waals surface area (Å²) in [6, 6.07) is 3.27. The summed E-state index contributed by atoms with van der Waals surface area (Å²) in [5.74, 6) is 0.0267. The van der Waals surface area contributed by atoms with Crippen LogP contribution in [0.1, 0.15) is 37.5 Å². The van der Waals surface area contributed by atoms with Crippen molar-refractivity contribution in [3.05, 3.63) is 38.9 Å². The third kappa shape index (κ3) is 1.75. The van der Waals surface area contributed by atoms with E-state index < -0.39 is 4.92 Å². The number of amidine groups is 2. The minimum atomic E-state index is -0.477. The molecule has 1 aromatic carbocycles. The Balaban J connectivity index is 2.77. The molecular weight excluding hydrogens is 232 g/mol. The van der Waals surface area contributed by atoms with Crippen LogP contribution in [-0.4, -0.2) is 16.6 Å². The molecule has 3 N–H and O–H groups in total. The largest absolute Gasteiger partial charge is 0.383 e. The van der Waals surface area contributed by atoms with Gasteiger partial charge in [-0.15, -0.1) is 0 Å². The minimum absolute atomic E-state index is 0.0169. The van der Waals surface area contributed by atoms with Crippen LogP contribution in [0, 0.1) is 15.5 Å². The van der Waals surface area contributed by atoms with E-state index in [0.29, 0.717) is 5.56 Å². The highest BCUT2D eigenvalue weighted by Gasteiger charge is 2.31. The Morgan fingerprint density at radius 2 is 2.00 bits per heavy atom. The van der Waals surface area contributed by atoms with Gasteiger partial charge in [0.1, 0.15) is 11.4 Å². The molecule has 2 rings (SSSR count). The molecule has 0 bridgehead atoms. The van der Waals surface area contributed by atoms with E-state index in [1.807, 2.05) is 20.8 Å². The number of nitro groups is 1. The summed E-state index contributed by atoms with van der Waals surface area (Å²) in [6.45, 7) is 5.88. The second-order valence-electron chi connectivity index (χ2n) is 5.27. The molecule has 0 unspecified atom stereocenters. The quantitative estimate of drug-likeness (QED) is 0.584. The summed E-state index contributed by atoms with van der Waals surface area (Å²) in [7, 11) is 0. The van der Waals surface area contributed by atoms with Crippen LogP contribution < -0.4 is 5.73 Å². The maximum atomic E-state index is 11.1. The number of rotatable bonds is 1. The lowest BCUT2D eigenvalue weighted by Gasteiger charge is -2.19. The first-order valence-corrected chi connectivity index (χ1v) is 5.48. The third-order valence-corrected chi connectivity index (χ3v) is 2.92. The van der Waals surface area contributed by atoms with Gasteiger partial charge in [-0.05, 0) is 17.0 Å². The Bertz CT molecular complexity index is 597. The molecule has 0 aromatic heterocycles. The third-order valence-electron chi connectivity index (χ3n) is 2.92. The molecule has 0 spiro atoms. The molecule has 1 aliphatic heterocycles. The van der Waals surface area contributed by atoms with Gasteiger partial charge < -0.3 is 5.73 Å². The number of hydrogen-bond donors (Lipinski definition) is 2. The van der Waals surface area contributed by atoms with E-state index >= 15 is 0 Å². The summed E-state index contributed by atoms with van der Waals surface area (Å²) in [5, 5.41) is 18.8. The lowest BCUT2D eigenvalue weighted by Crippen LogP contribution is -2.16. The van der Waals surface area contributed by atoms with E-state index in [4.69, 9.17) is 11.1 Å². The van der Waals surface area contributed by atoms with Gasteiger partial charge in [0.15, 0.2) is 5.84 Å². The lowest BCUT2D eigenvalue weighted by atomic mass is 9.84. The Morgan fingerprint density at radius 3 is 2.50 bits per heavy atom. The minimum Gasteiger partial charge on any atom is -0.383 e. The van der Waals surface area contributed by atoms with Crippen LogP contribution in [0.25, 0.3) is 0 Å². The summed E-state index contributed by atoms with van der Waals surface area (Å²) < 4.78 is 0. The smallest absolute Gasteiger partial charge is 0.281 e. The Kier molecular flexibility index (Phi) is 2.46. The highest BCUT2D eigenvalue weighted by atomic mass is 16.6. The van der Waals surface area contributed by atoms with Crippen molar-refractivity contribution in [3.63, 3.8) is 0 Å². The molecule has 0 aliphatic carbocycles. The second kappa shape index (κ2) is 3.63. The van der Waals surface area contributed by atoms with Crippen molar-refractivity contribution < 1.29 is 4.92 Å². The molecular formula is C12H14N4O2. The SMILES string of the molecule is CC(C)(C)c1cc2c(c([N+](=O)[O-])c1)C(N)=NC2=N. The van der Waals surface area contributed by atoms with E-state index in [9.17, 15) is 10.1 Å². The van der Waals surface area contributed by atoms with Crippen molar-refractivity contribution in [2.24, 2.45) is 10.7 Å². The van der Waals surface area contributed by atoms with Crippen molar-refractivity contribution in [2.75, 3.05) is 0 Å². The van der Waals surface area contributed by atoms with Gasteiger partial charge in [0, 0.05) is 11.6 Å². The molecule has 18 heavy (non-hydrogen) atoms. The molecule has 0 fully saturated rings. The van der Waals surface area contributed by atoms with Gasteiger partial charge >= 0.3 is 0 Å². The fourth-order valence-corrected chi connectivity index (χ4v) is 1.90. The summed E-state index contributed by atoms with van der Waals surface area (Å²) >= 11 is 0. The van der Waals surface area contributed by atoms with E-state index in [1.54, 1.807) is 6.07 Å². The fraction of sp³-hybridized carbons (Fsp3) is 0.333. The monoisotopic (exact) mass is 246 g/mol. The zero-order valence-electron chi connectivity index (χ0n) is 10.4. The molecule has 0 atom stereocenters. The average molecular weight is 246 g/mol. The summed E-state index contributed by atoms with van der Waals surface area (Å²) in [6.07, 6.45) is 0. The van der Waals surface area contributed by atoms with Crippen LogP contribution in [0.4, 0.5) is 5.69 Å². The van der Waals surface area contributed by atoms with Gasteiger partial charge in [-0.2, -0.15) is 0 Å². The molecule has 1 aliphatic rings.